The fraction of sp³-hybridized carbons (Fsp3) is 0.192. The maximum absolute atomic E-state index is 14.9. The summed E-state index contributed by atoms with van der Waals surface area (Å²) in [4.78, 5) is 33.5. The molecule has 0 aliphatic carbocycles. The molecule has 2 heterocycles. The number of alkyl halides is 3. The molecule has 202 valence electrons. The minimum Gasteiger partial charge on any atom is -0.384 e. The zero-order chi connectivity index (χ0) is 28.3. The van der Waals surface area contributed by atoms with Crippen molar-refractivity contribution in [2.75, 3.05) is 5.32 Å². The second kappa shape index (κ2) is 11.0. The molecule has 2 aromatic heterocycles. The van der Waals surface area contributed by atoms with Gasteiger partial charge in [0.2, 0.25) is 5.91 Å². The van der Waals surface area contributed by atoms with Crippen LogP contribution in [0.3, 0.4) is 0 Å². The van der Waals surface area contributed by atoms with E-state index in [2.05, 4.69) is 25.7 Å². The lowest BCUT2D eigenvalue weighted by molar-refractivity contribution is -0.137. The van der Waals surface area contributed by atoms with E-state index in [4.69, 9.17) is 0 Å². The molecule has 4 rings (SSSR count). The van der Waals surface area contributed by atoms with Gasteiger partial charge in [-0.15, -0.1) is 0 Å². The summed E-state index contributed by atoms with van der Waals surface area (Å²) in [6, 6.07) is 10.9. The highest BCUT2D eigenvalue weighted by atomic mass is 19.4. The molecule has 4 aromatic rings. The number of hydrogen-bond donors (Lipinski definition) is 3. The molecule has 0 saturated heterocycles. The summed E-state index contributed by atoms with van der Waals surface area (Å²) in [5.74, 6) is -3.15. The monoisotopic (exact) mass is 542 g/mol. The maximum atomic E-state index is 14.9. The summed E-state index contributed by atoms with van der Waals surface area (Å²) >= 11 is 0. The second-order valence-electron chi connectivity index (χ2n) is 8.52. The number of halogens is 4. The first kappa shape index (κ1) is 27.4. The number of aliphatic hydroxyl groups is 1. The van der Waals surface area contributed by atoms with Crippen molar-refractivity contribution in [2.45, 2.75) is 25.7 Å². The lowest BCUT2D eigenvalue weighted by Crippen LogP contribution is -2.32. The topological polar surface area (TPSA) is 122 Å². The van der Waals surface area contributed by atoms with E-state index in [1.165, 1.54) is 37.1 Å². The number of carbonyl (C=O) groups excluding carboxylic acids is 2. The van der Waals surface area contributed by atoms with Crippen molar-refractivity contribution in [3.05, 3.63) is 83.6 Å². The summed E-state index contributed by atoms with van der Waals surface area (Å²) < 4.78 is 57.2. The van der Waals surface area contributed by atoms with Gasteiger partial charge in [-0.05, 0) is 25.1 Å². The predicted molar refractivity (Wildman–Crippen MR) is 133 cm³/mol. The van der Waals surface area contributed by atoms with E-state index in [9.17, 15) is 32.3 Å². The lowest BCUT2D eigenvalue weighted by Gasteiger charge is -2.15. The Labute approximate surface area is 219 Å². The molecule has 0 saturated carbocycles. The van der Waals surface area contributed by atoms with Gasteiger partial charge in [-0.3, -0.25) is 14.3 Å². The highest BCUT2D eigenvalue weighted by Crippen LogP contribution is 2.38. The fourth-order valence-corrected chi connectivity index (χ4v) is 3.65. The molecule has 3 N–H and O–H groups in total. The third kappa shape index (κ3) is 6.26. The SMILES string of the molecule is CC(O)C(=O)NCc1cnc(NC(=O)c2cc(-c3ccn(C)n3)c(C(F)(F)F)cc2F)c(-c2ccccc2)n1. The van der Waals surface area contributed by atoms with Gasteiger partial charge < -0.3 is 15.7 Å². The number of rotatable bonds is 7. The van der Waals surface area contributed by atoms with E-state index in [1.54, 1.807) is 30.3 Å². The lowest BCUT2D eigenvalue weighted by atomic mass is 9.99. The number of hydrogen-bond acceptors (Lipinski definition) is 6. The van der Waals surface area contributed by atoms with E-state index in [0.29, 0.717) is 11.3 Å². The summed E-state index contributed by atoms with van der Waals surface area (Å²) in [5.41, 5.74) is -1.50. The minimum atomic E-state index is -4.90. The van der Waals surface area contributed by atoms with Crippen LogP contribution in [0.5, 0.6) is 0 Å². The molecule has 1 atom stereocenters. The quantitative estimate of drug-likeness (QED) is 0.304. The van der Waals surface area contributed by atoms with E-state index < -0.39 is 46.6 Å². The molecule has 0 radical (unpaired) electrons. The Morgan fingerprint density at radius 1 is 1.13 bits per heavy atom. The smallest absolute Gasteiger partial charge is 0.384 e. The van der Waals surface area contributed by atoms with Gasteiger partial charge >= 0.3 is 6.18 Å². The van der Waals surface area contributed by atoms with Crippen LogP contribution in [0.1, 0.15) is 28.5 Å². The van der Waals surface area contributed by atoms with Crippen molar-refractivity contribution in [1.82, 2.24) is 25.1 Å². The van der Waals surface area contributed by atoms with Crippen LogP contribution in [0, 0.1) is 5.82 Å². The first-order valence-electron chi connectivity index (χ1n) is 11.5. The second-order valence-corrected chi connectivity index (χ2v) is 8.52. The Balaban J connectivity index is 1.72. The molecule has 0 bridgehead atoms. The van der Waals surface area contributed by atoms with Gasteiger partial charge in [-0.25, -0.2) is 14.4 Å². The summed E-state index contributed by atoms with van der Waals surface area (Å²) in [5, 5.41) is 18.3. The highest BCUT2D eigenvalue weighted by Gasteiger charge is 2.36. The average Bonchev–Trinajstić information content (AvgIpc) is 3.33. The van der Waals surface area contributed by atoms with Crippen molar-refractivity contribution in [2.24, 2.45) is 7.05 Å². The Morgan fingerprint density at radius 3 is 2.46 bits per heavy atom. The van der Waals surface area contributed by atoms with Gasteiger partial charge in [-0.2, -0.15) is 18.3 Å². The molecule has 2 amide bonds. The zero-order valence-electron chi connectivity index (χ0n) is 20.6. The zero-order valence-corrected chi connectivity index (χ0v) is 20.6. The third-order valence-corrected chi connectivity index (χ3v) is 5.57. The summed E-state index contributed by atoms with van der Waals surface area (Å²) in [6.07, 6.45) is -3.45. The molecule has 1 unspecified atom stereocenters. The van der Waals surface area contributed by atoms with Gasteiger partial charge in [-0.1, -0.05) is 30.3 Å². The van der Waals surface area contributed by atoms with Crippen LogP contribution >= 0.6 is 0 Å². The van der Waals surface area contributed by atoms with Crippen molar-refractivity contribution >= 4 is 17.6 Å². The van der Waals surface area contributed by atoms with Crippen LogP contribution in [-0.2, 0) is 24.6 Å². The summed E-state index contributed by atoms with van der Waals surface area (Å²) in [6.45, 7) is 1.22. The molecule has 0 spiro atoms. The standard InChI is InChI=1S/C26H22F4N6O3/c1-14(37)24(38)32-13-16-12-31-23(22(33-16)15-6-4-3-5-7-15)34-25(39)18-10-17(21-8-9-36(2)35-21)19(11-20(18)27)26(28,29)30/h3-12,14,37H,13H2,1-2H3,(H,32,38)(H,31,34,39). The average molecular weight is 542 g/mol. The Hall–Kier alpha value is -4.65. The van der Waals surface area contributed by atoms with Crippen LogP contribution in [0.2, 0.25) is 0 Å². The van der Waals surface area contributed by atoms with E-state index in [-0.39, 0.29) is 29.8 Å². The number of benzene rings is 2. The normalized spacial score (nSPS) is 12.2. The van der Waals surface area contributed by atoms with Crippen molar-refractivity contribution < 1.29 is 32.3 Å². The fourth-order valence-electron chi connectivity index (χ4n) is 3.65. The summed E-state index contributed by atoms with van der Waals surface area (Å²) in [7, 11) is 1.51. The van der Waals surface area contributed by atoms with Crippen LogP contribution < -0.4 is 10.6 Å². The molecule has 39 heavy (non-hydrogen) atoms. The predicted octanol–water partition coefficient (Wildman–Crippen LogP) is 3.95. The molecule has 0 aliphatic rings. The first-order valence-corrected chi connectivity index (χ1v) is 11.5. The number of nitrogens with zero attached hydrogens (tertiary/aromatic N) is 4. The van der Waals surface area contributed by atoms with Gasteiger partial charge in [0, 0.05) is 24.4 Å². The molecule has 0 fully saturated rings. The van der Waals surface area contributed by atoms with E-state index in [0.717, 1.165) is 6.07 Å². The van der Waals surface area contributed by atoms with Crippen LogP contribution in [0.4, 0.5) is 23.4 Å². The van der Waals surface area contributed by atoms with E-state index in [1.807, 2.05) is 0 Å². The molecule has 9 nitrogen and oxygen atoms in total. The minimum absolute atomic E-state index is 0.0776. The van der Waals surface area contributed by atoms with Gasteiger partial charge in [0.25, 0.3) is 5.91 Å². The van der Waals surface area contributed by atoms with Crippen LogP contribution in [0.25, 0.3) is 22.5 Å². The van der Waals surface area contributed by atoms with Crippen LogP contribution in [0.15, 0.2) is 60.9 Å². The number of aryl methyl sites for hydroxylation is 1. The molecule has 2 aromatic carbocycles. The number of aromatic nitrogens is 4. The van der Waals surface area contributed by atoms with Gasteiger partial charge in [0.15, 0.2) is 5.82 Å². The number of nitrogens with one attached hydrogen (secondary N) is 2. The van der Waals surface area contributed by atoms with Gasteiger partial charge in [0.05, 0.1) is 35.3 Å². The van der Waals surface area contributed by atoms with Crippen molar-refractivity contribution in [3.8, 4) is 22.5 Å². The van der Waals surface area contributed by atoms with E-state index >= 15 is 0 Å². The molecular weight excluding hydrogens is 520 g/mol. The van der Waals surface area contributed by atoms with Crippen LogP contribution in [-0.4, -0.2) is 42.8 Å². The Morgan fingerprint density at radius 2 is 1.85 bits per heavy atom. The highest BCUT2D eigenvalue weighted by molar-refractivity contribution is 6.06. The number of anilines is 1. The van der Waals surface area contributed by atoms with Crippen molar-refractivity contribution in [1.29, 1.82) is 0 Å². The van der Waals surface area contributed by atoms with Gasteiger partial charge in [0.1, 0.15) is 17.6 Å². The Kier molecular flexibility index (Phi) is 7.72. The maximum Gasteiger partial charge on any atom is 0.417 e. The number of carbonyl (C=O) groups is 2. The largest absolute Gasteiger partial charge is 0.417 e. The third-order valence-electron chi connectivity index (χ3n) is 5.57. The molecular formula is C26H22F4N6O3. The first-order chi connectivity index (χ1) is 18.4. The molecule has 0 aliphatic heterocycles. The number of amides is 2. The Bertz CT molecular complexity index is 1520. The molecule has 13 heteroatoms. The number of aliphatic hydroxyl groups excluding tert-OH is 1. The van der Waals surface area contributed by atoms with Crippen molar-refractivity contribution in [3.63, 3.8) is 0 Å².